The van der Waals surface area contributed by atoms with Crippen molar-refractivity contribution in [2.75, 3.05) is 34.2 Å². The van der Waals surface area contributed by atoms with Crippen LogP contribution in [0.1, 0.15) is 78.7 Å². The molecule has 0 radical (unpaired) electrons. The molecule has 1 aliphatic heterocycles. The van der Waals surface area contributed by atoms with Gasteiger partial charge >= 0.3 is 0 Å². The minimum absolute atomic E-state index is 0.0640. The zero-order valence-electron chi connectivity index (χ0n) is 32.1. The molecule has 3 aromatic rings. The van der Waals surface area contributed by atoms with Gasteiger partial charge < -0.3 is 33.2 Å². The van der Waals surface area contributed by atoms with Gasteiger partial charge in [-0.25, -0.2) is 0 Å². The molecule has 0 unspecified atom stereocenters. The number of methoxy groups -OCH3 is 2. The Kier molecular flexibility index (Phi) is 15.5. The lowest BCUT2D eigenvalue weighted by Crippen LogP contribution is -2.66. The normalized spacial score (nSPS) is 19.8. The topological polar surface area (TPSA) is 75.6 Å². The monoisotopic (exact) mass is 718 g/mol. The van der Waals surface area contributed by atoms with Crippen LogP contribution in [0, 0.1) is 5.92 Å². The van der Waals surface area contributed by atoms with Crippen LogP contribution in [-0.2, 0) is 30.0 Å². The SMILES string of the molecule is C=C(CCC[C@H](C)[C@H](COCc1ccc(OC)cc1)OCOC)[C@H]1CC[C@@](C)([C@H](O)CCO[Si](c2ccccc2)(c2ccccc2)C(C)(C)C)O1. The molecule has 1 saturated heterocycles. The van der Waals surface area contributed by atoms with E-state index in [-0.39, 0.29) is 30.0 Å². The van der Waals surface area contributed by atoms with Crippen molar-refractivity contribution >= 4 is 18.7 Å². The molecule has 1 N–H and O–H groups in total. The average molecular weight is 719 g/mol. The highest BCUT2D eigenvalue weighted by Gasteiger charge is 2.50. The van der Waals surface area contributed by atoms with Crippen LogP contribution in [0.15, 0.2) is 97.1 Å². The zero-order valence-corrected chi connectivity index (χ0v) is 33.1. The van der Waals surface area contributed by atoms with Crippen molar-refractivity contribution in [3.8, 4) is 5.75 Å². The second-order valence-electron chi connectivity index (χ2n) is 15.3. The molecule has 51 heavy (non-hydrogen) atoms. The van der Waals surface area contributed by atoms with E-state index in [1.54, 1.807) is 14.2 Å². The largest absolute Gasteiger partial charge is 0.497 e. The molecule has 8 heteroatoms. The Balaban J connectivity index is 1.27. The van der Waals surface area contributed by atoms with Crippen LogP contribution < -0.4 is 15.1 Å². The highest BCUT2D eigenvalue weighted by atomic mass is 28.4. The Labute approximate surface area is 308 Å². The van der Waals surface area contributed by atoms with Crippen molar-refractivity contribution in [1.82, 2.24) is 0 Å². The molecule has 7 nitrogen and oxygen atoms in total. The predicted octanol–water partition coefficient (Wildman–Crippen LogP) is 7.83. The van der Waals surface area contributed by atoms with Gasteiger partial charge in [0.25, 0.3) is 8.32 Å². The van der Waals surface area contributed by atoms with E-state index < -0.39 is 20.0 Å². The van der Waals surface area contributed by atoms with Gasteiger partial charge in [-0.15, -0.1) is 0 Å². The molecule has 4 rings (SSSR count). The van der Waals surface area contributed by atoms with E-state index in [2.05, 4.69) is 94.9 Å². The number of benzene rings is 3. The van der Waals surface area contributed by atoms with Crippen molar-refractivity contribution in [1.29, 1.82) is 0 Å². The maximum Gasteiger partial charge on any atom is 0.261 e. The van der Waals surface area contributed by atoms with E-state index in [4.69, 9.17) is 28.1 Å². The van der Waals surface area contributed by atoms with Crippen LogP contribution in [0.5, 0.6) is 5.75 Å². The Morgan fingerprint density at radius 2 is 1.59 bits per heavy atom. The second kappa shape index (κ2) is 19.3. The standard InChI is InChI=1S/C43H62O7Si/c1-33(16-15-17-34(2)40(48-32-45-7)31-47-30-35-22-24-36(46-8)25-23-35)39-26-28-43(6,50-39)41(44)27-29-49-51(42(3,4)5,37-18-11-9-12-19-37)38-20-13-10-14-21-38/h9-14,18-25,34,39-41,44H,1,15-17,26-32H2,2-8H3/t34-,39+,40-,41+,43-/m0/s1. The first-order valence-electron chi connectivity index (χ1n) is 18.5. The van der Waals surface area contributed by atoms with Gasteiger partial charge in [-0.2, -0.15) is 0 Å². The highest BCUT2D eigenvalue weighted by Crippen LogP contribution is 2.40. The minimum atomic E-state index is -2.67. The van der Waals surface area contributed by atoms with Crippen molar-refractivity contribution in [2.24, 2.45) is 5.92 Å². The maximum absolute atomic E-state index is 11.5. The number of hydrogen-bond acceptors (Lipinski definition) is 7. The van der Waals surface area contributed by atoms with E-state index in [9.17, 15) is 5.11 Å². The zero-order chi connectivity index (χ0) is 36.9. The maximum atomic E-state index is 11.5. The average Bonchev–Trinajstić information content (AvgIpc) is 3.55. The summed E-state index contributed by atoms with van der Waals surface area (Å²) >= 11 is 0. The van der Waals surface area contributed by atoms with Gasteiger partial charge in [-0.1, -0.05) is 107 Å². The summed E-state index contributed by atoms with van der Waals surface area (Å²) in [4.78, 5) is 0. The molecule has 0 aliphatic carbocycles. The molecule has 280 valence electrons. The van der Waals surface area contributed by atoms with Gasteiger partial charge in [0.1, 0.15) is 12.5 Å². The Morgan fingerprint density at radius 1 is 0.961 bits per heavy atom. The van der Waals surface area contributed by atoms with Crippen molar-refractivity contribution in [3.63, 3.8) is 0 Å². The van der Waals surface area contributed by atoms with Crippen molar-refractivity contribution < 1.29 is 33.2 Å². The minimum Gasteiger partial charge on any atom is -0.497 e. The summed E-state index contributed by atoms with van der Waals surface area (Å²) in [6.07, 6.45) is 4.15. The fourth-order valence-corrected chi connectivity index (χ4v) is 11.9. The molecule has 1 fully saturated rings. The summed E-state index contributed by atoms with van der Waals surface area (Å²) in [6.45, 7) is 17.2. The molecule has 3 aromatic carbocycles. The third-order valence-corrected chi connectivity index (χ3v) is 15.5. The van der Waals surface area contributed by atoms with Gasteiger partial charge in [-0.3, -0.25) is 0 Å². The highest BCUT2D eigenvalue weighted by molar-refractivity contribution is 6.99. The number of aliphatic hydroxyl groups is 1. The van der Waals surface area contributed by atoms with Gasteiger partial charge in [0, 0.05) is 13.7 Å². The van der Waals surface area contributed by atoms with Crippen LogP contribution in [0.25, 0.3) is 0 Å². The number of ether oxygens (including phenoxy) is 5. The fraction of sp³-hybridized carbons (Fsp3) is 0.535. The lowest BCUT2D eigenvalue weighted by Gasteiger charge is -2.43. The summed E-state index contributed by atoms with van der Waals surface area (Å²) in [5.41, 5.74) is 1.54. The van der Waals surface area contributed by atoms with Crippen molar-refractivity contribution in [2.45, 2.75) is 109 Å². The summed E-state index contributed by atoms with van der Waals surface area (Å²) < 4.78 is 36.2. The van der Waals surface area contributed by atoms with Crippen molar-refractivity contribution in [3.05, 3.63) is 103 Å². The lowest BCUT2D eigenvalue weighted by atomic mass is 9.92. The van der Waals surface area contributed by atoms with Crippen LogP contribution in [0.3, 0.4) is 0 Å². The number of hydrogen-bond donors (Lipinski definition) is 1. The van der Waals surface area contributed by atoms with Gasteiger partial charge in [-0.05, 0) is 90.0 Å². The predicted molar refractivity (Wildman–Crippen MR) is 208 cm³/mol. The quantitative estimate of drug-likeness (QED) is 0.0684. The van der Waals surface area contributed by atoms with Crippen LogP contribution >= 0.6 is 0 Å². The summed E-state index contributed by atoms with van der Waals surface area (Å²) in [7, 11) is 0.630. The Morgan fingerprint density at radius 3 is 2.16 bits per heavy atom. The van der Waals surface area contributed by atoms with E-state index >= 15 is 0 Å². The van der Waals surface area contributed by atoms with Gasteiger partial charge in [0.2, 0.25) is 0 Å². The first kappa shape index (κ1) is 40.9. The Bertz CT molecular complexity index is 1400. The molecular formula is C43H62O7Si. The van der Waals surface area contributed by atoms with Crippen LogP contribution in [0.4, 0.5) is 0 Å². The van der Waals surface area contributed by atoms with Gasteiger partial charge in [0.05, 0.1) is 44.2 Å². The third kappa shape index (κ3) is 10.9. The number of aliphatic hydroxyl groups excluding tert-OH is 1. The fourth-order valence-electron chi connectivity index (χ4n) is 7.33. The Hall–Kier alpha value is -2.82. The summed E-state index contributed by atoms with van der Waals surface area (Å²) in [5.74, 6) is 1.10. The molecule has 0 bridgehead atoms. The van der Waals surface area contributed by atoms with Crippen LogP contribution in [0.2, 0.25) is 5.04 Å². The first-order valence-corrected chi connectivity index (χ1v) is 20.4. The number of rotatable bonds is 21. The van der Waals surface area contributed by atoms with Gasteiger partial charge in [0.15, 0.2) is 0 Å². The molecule has 5 atom stereocenters. The smallest absolute Gasteiger partial charge is 0.261 e. The molecule has 1 heterocycles. The summed E-state index contributed by atoms with van der Waals surface area (Å²) in [5, 5.41) is 13.9. The van der Waals surface area contributed by atoms with E-state index in [1.807, 2.05) is 31.2 Å². The van der Waals surface area contributed by atoms with E-state index in [0.29, 0.717) is 26.2 Å². The third-order valence-electron chi connectivity index (χ3n) is 10.5. The first-order chi connectivity index (χ1) is 24.4. The molecule has 0 amide bonds. The van der Waals surface area contributed by atoms with E-state index in [1.165, 1.54) is 10.4 Å². The summed E-state index contributed by atoms with van der Waals surface area (Å²) in [6, 6.07) is 29.2. The molecule has 1 aliphatic rings. The van der Waals surface area contributed by atoms with Crippen LogP contribution in [-0.4, -0.2) is 71.6 Å². The molecule has 0 aromatic heterocycles. The molecule has 0 saturated carbocycles. The molecule has 0 spiro atoms. The lowest BCUT2D eigenvalue weighted by molar-refractivity contribution is -0.117. The molecular weight excluding hydrogens is 657 g/mol. The second-order valence-corrected chi connectivity index (χ2v) is 19.6. The van der Waals surface area contributed by atoms with E-state index in [0.717, 1.165) is 49.0 Å².